The molecule has 86 valence electrons. The first-order chi connectivity index (χ1) is 6.95. The fourth-order valence-electron chi connectivity index (χ4n) is 1.18. The summed E-state index contributed by atoms with van der Waals surface area (Å²) in [6, 6.07) is 0. The van der Waals surface area contributed by atoms with E-state index in [4.69, 9.17) is 5.11 Å². The van der Waals surface area contributed by atoms with Crippen LogP contribution >= 0.6 is 0 Å². The van der Waals surface area contributed by atoms with Crippen LogP contribution in [0.25, 0.3) is 0 Å². The highest BCUT2D eigenvalue weighted by Crippen LogP contribution is 2.05. The van der Waals surface area contributed by atoms with E-state index in [0.29, 0.717) is 6.61 Å². The summed E-state index contributed by atoms with van der Waals surface area (Å²) >= 11 is 0. The van der Waals surface area contributed by atoms with Crippen molar-refractivity contribution >= 4 is 8.07 Å². The monoisotopic (exact) mass is 224 g/mol. The zero-order chi connectivity index (χ0) is 11.7. The summed E-state index contributed by atoms with van der Waals surface area (Å²) in [7, 11) is -1.17. The summed E-state index contributed by atoms with van der Waals surface area (Å²) < 4.78 is 0. The molecule has 0 aliphatic heterocycles. The minimum absolute atomic E-state index is 0.292. The van der Waals surface area contributed by atoms with Crippen LogP contribution < -0.4 is 0 Å². The fraction of sp³-hybridized carbons (Fsp3) is 0.692. The number of allylic oxidation sites excluding steroid dienone is 2. The molecule has 0 fully saturated rings. The maximum absolute atomic E-state index is 8.67. The number of rotatable bonds is 5. The van der Waals surface area contributed by atoms with Crippen LogP contribution in [0.4, 0.5) is 0 Å². The Hall–Kier alpha value is -0.523. The van der Waals surface area contributed by atoms with Gasteiger partial charge in [-0.25, -0.2) is 0 Å². The van der Waals surface area contributed by atoms with Crippen molar-refractivity contribution in [3.05, 3.63) is 11.6 Å². The molecule has 1 nitrogen and oxygen atoms in total. The molecular weight excluding hydrogens is 200 g/mol. The molecule has 0 radical (unpaired) electrons. The molecule has 0 atom stereocenters. The molecule has 0 aromatic carbocycles. The van der Waals surface area contributed by atoms with Gasteiger partial charge in [0.25, 0.3) is 0 Å². The molecule has 0 heterocycles. The molecular formula is C13H24OSi. The molecule has 0 aliphatic rings. The second kappa shape index (κ2) is 7.73. The standard InChI is InChI=1S/C13H24OSi/c1-13(10-8-11-14)9-6-5-7-12-15(2,3)4/h9,14H,5-6,8,10-11H2,1-4H3/b13-9+. The highest BCUT2D eigenvalue weighted by atomic mass is 28.3. The van der Waals surface area contributed by atoms with E-state index in [0.717, 1.165) is 25.7 Å². The van der Waals surface area contributed by atoms with Crippen molar-refractivity contribution in [1.82, 2.24) is 0 Å². The van der Waals surface area contributed by atoms with Crippen LogP contribution in [-0.2, 0) is 0 Å². The molecule has 0 saturated carbocycles. The molecule has 0 aliphatic carbocycles. The third-order valence-electron chi connectivity index (χ3n) is 1.95. The first-order valence-electron chi connectivity index (χ1n) is 5.72. The van der Waals surface area contributed by atoms with Gasteiger partial charge in [0.1, 0.15) is 8.07 Å². The lowest BCUT2D eigenvalue weighted by atomic mass is 10.1. The van der Waals surface area contributed by atoms with Crippen LogP contribution in [0.2, 0.25) is 19.6 Å². The van der Waals surface area contributed by atoms with E-state index in [2.05, 4.69) is 44.1 Å². The maximum atomic E-state index is 8.67. The number of unbranched alkanes of at least 4 members (excludes halogenated alkanes) is 1. The first-order valence-corrected chi connectivity index (χ1v) is 9.22. The fourth-order valence-corrected chi connectivity index (χ4v) is 1.83. The molecule has 15 heavy (non-hydrogen) atoms. The van der Waals surface area contributed by atoms with Crippen LogP contribution in [0.15, 0.2) is 11.6 Å². The molecule has 0 rings (SSSR count). The van der Waals surface area contributed by atoms with Gasteiger partial charge in [0.05, 0.1) is 0 Å². The molecule has 0 amide bonds. The lowest BCUT2D eigenvalue weighted by Crippen LogP contribution is -2.16. The number of hydrogen-bond donors (Lipinski definition) is 1. The van der Waals surface area contributed by atoms with Gasteiger partial charge in [-0.15, -0.1) is 11.5 Å². The average molecular weight is 224 g/mol. The Labute approximate surface area is 95.6 Å². The third kappa shape index (κ3) is 11.4. The van der Waals surface area contributed by atoms with E-state index < -0.39 is 8.07 Å². The highest BCUT2D eigenvalue weighted by Gasteiger charge is 2.06. The third-order valence-corrected chi connectivity index (χ3v) is 2.88. The number of hydrogen-bond acceptors (Lipinski definition) is 1. The van der Waals surface area contributed by atoms with Crippen molar-refractivity contribution < 1.29 is 5.11 Å². The van der Waals surface area contributed by atoms with Crippen molar-refractivity contribution in [1.29, 1.82) is 0 Å². The zero-order valence-electron chi connectivity index (χ0n) is 10.6. The van der Waals surface area contributed by atoms with Gasteiger partial charge in [-0.2, -0.15) is 0 Å². The predicted molar refractivity (Wildman–Crippen MR) is 70.4 cm³/mol. The van der Waals surface area contributed by atoms with E-state index in [1.807, 2.05) is 0 Å². The van der Waals surface area contributed by atoms with Gasteiger partial charge in [0.2, 0.25) is 0 Å². The molecule has 0 unspecified atom stereocenters. The van der Waals surface area contributed by atoms with Crippen LogP contribution in [-0.4, -0.2) is 19.8 Å². The molecule has 0 aromatic heterocycles. The smallest absolute Gasteiger partial charge is 0.129 e. The summed E-state index contributed by atoms with van der Waals surface area (Å²) in [5.74, 6) is 3.25. The maximum Gasteiger partial charge on any atom is 0.129 e. The molecule has 0 bridgehead atoms. The Bertz CT molecular complexity index is 250. The topological polar surface area (TPSA) is 20.2 Å². The van der Waals surface area contributed by atoms with Crippen LogP contribution in [0.5, 0.6) is 0 Å². The van der Waals surface area contributed by atoms with Crippen molar-refractivity contribution in [2.45, 2.75) is 52.2 Å². The molecule has 0 aromatic rings. The molecule has 0 spiro atoms. The Morgan fingerprint density at radius 1 is 1.33 bits per heavy atom. The van der Waals surface area contributed by atoms with Gasteiger partial charge in [-0.05, 0) is 26.2 Å². The summed E-state index contributed by atoms with van der Waals surface area (Å²) in [5.41, 5.74) is 4.73. The van der Waals surface area contributed by atoms with Crippen LogP contribution in [0, 0.1) is 11.5 Å². The average Bonchev–Trinajstić information content (AvgIpc) is 2.12. The van der Waals surface area contributed by atoms with Gasteiger partial charge >= 0.3 is 0 Å². The van der Waals surface area contributed by atoms with Crippen LogP contribution in [0.3, 0.4) is 0 Å². The van der Waals surface area contributed by atoms with Crippen molar-refractivity contribution in [3.63, 3.8) is 0 Å². The van der Waals surface area contributed by atoms with Gasteiger partial charge in [0, 0.05) is 13.0 Å². The van der Waals surface area contributed by atoms with E-state index >= 15 is 0 Å². The minimum atomic E-state index is -1.17. The summed E-state index contributed by atoms with van der Waals surface area (Å²) in [4.78, 5) is 0. The summed E-state index contributed by atoms with van der Waals surface area (Å²) in [6.07, 6.45) is 6.16. The quantitative estimate of drug-likeness (QED) is 0.328. The largest absolute Gasteiger partial charge is 0.396 e. The highest BCUT2D eigenvalue weighted by molar-refractivity contribution is 6.83. The lowest BCUT2D eigenvalue weighted by Gasteiger charge is -2.03. The van der Waals surface area contributed by atoms with E-state index in [9.17, 15) is 0 Å². The van der Waals surface area contributed by atoms with Gasteiger partial charge < -0.3 is 5.11 Å². The molecule has 2 heteroatoms. The van der Waals surface area contributed by atoms with Crippen molar-refractivity contribution in [3.8, 4) is 11.5 Å². The van der Waals surface area contributed by atoms with E-state index in [-0.39, 0.29) is 0 Å². The molecule has 0 saturated heterocycles. The Morgan fingerprint density at radius 3 is 2.53 bits per heavy atom. The van der Waals surface area contributed by atoms with Crippen LogP contribution in [0.1, 0.15) is 32.6 Å². The SMILES string of the molecule is C/C(=C\CCC#C[Si](C)(C)C)CCCO. The van der Waals surface area contributed by atoms with Gasteiger partial charge in [0.15, 0.2) is 0 Å². The van der Waals surface area contributed by atoms with Crippen molar-refractivity contribution in [2.24, 2.45) is 0 Å². The van der Waals surface area contributed by atoms with E-state index in [1.54, 1.807) is 0 Å². The Morgan fingerprint density at radius 2 is 2.00 bits per heavy atom. The minimum Gasteiger partial charge on any atom is -0.396 e. The Balaban J connectivity index is 3.72. The second-order valence-electron chi connectivity index (χ2n) is 4.97. The van der Waals surface area contributed by atoms with Gasteiger partial charge in [-0.3, -0.25) is 0 Å². The summed E-state index contributed by atoms with van der Waals surface area (Å²) in [5, 5.41) is 8.67. The molecule has 1 N–H and O–H groups in total. The van der Waals surface area contributed by atoms with Crippen molar-refractivity contribution in [2.75, 3.05) is 6.61 Å². The van der Waals surface area contributed by atoms with E-state index in [1.165, 1.54) is 5.57 Å². The number of aliphatic hydroxyl groups excluding tert-OH is 1. The zero-order valence-corrected chi connectivity index (χ0v) is 11.6. The Kier molecular flexibility index (Phi) is 7.46. The van der Waals surface area contributed by atoms with Gasteiger partial charge in [-0.1, -0.05) is 31.3 Å². The number of aliphatic hydroxyl groups is 1. The lowest BCUT2D eigenvalue weighted by molar-refractivity contribution is 0.288. The second-order valence-corrected chi connectivity index (χ2v) is 9.72. The normalized spacial score (nSPS) is 12.2. The summed E-state index contributed by atoms with van der Waals surface area (Å²) in [6.45, 7) is 9.22. The predicted octanol–water partition coefficient (Wildman–Crippen LogP) is 3.37. The first kappa shape index (κ1) is 14.5.